The Balaban J connectivity index is 0.00000261. The molecule has 4 N–H and O–H groups in total. The summed E-state index contributed by atoms with van der Waals surface area (Å²) < 4.78 is 14.1. The van der Waals surface area contributed by atoms with Crippen LogP contribution in [0.2, 0.25) is 0 Å². The van der Waals surface area contributed by atoms with Crippen LogP contribution >= 0.6 is 12.4 Å². The van der Waals surface area contributed by atoms with Gasteiger partial charge in [-0.2, -0.15) is 0 Å². The van der Waals surface area contributed by atoms with E-state index in [9.17, 15) is 14.0 Å². The first-order valence-corrected chi connectivity index (χ1v) is 8.97. The van der Waals surface area contributed by atoms with Crippen LogP contribution in [0.5, 0.6) is 0 Å². The van der Waals surface area contributed by atoms with Crippen LogP contribution in [-0.4, -0.2) is 54.6 Å². The fraction of sp³-hybridized carbons (Fsp3) is 0.579. The standard InChI is InChI=1S/C19H27FN4O2.ClH/c1-18(2,20)8-12(22-3)10-24-11-19(9-15(24)16(21)25)13-6-4-5-7-14(13)23-17(19)26;/h4-7,12,15,22H,8-11H2,1-3H3,(H2,21,25)(H,23,26);1H/t12?,15-,19-;/m0./s1. The molecular formula is C19H28ClFN4O2. The summed E-state index contributed by atoms with van der Waals surface area (Å²) in [5, 5.41) is 6.04. The highest BCUT2D eigenvalue weighted by atomic mass is 35.5. The number of para-hydroxylation sites is 1. The van der Waals surface area contributed by atoms with Gasteiger partial charge in [0.15, 0.2) is 0 Å². The monoisotopic (exact) mass is 398 g/mol. The lowest BCUT2D eigenvalue weighted by molar-refractivity contribution is -0.122. The molecule has 1 spiro atoms. The van der Waals surface area contributed by atoms with E-state index in [0.29, 0.717) is 25.9 Å². The Labute approximate surface area is 165 Å². The molecule has 1 aromatic rings. The fourth-order valence-corrected chi connectivity index (χ4v) is 4.31. The van der Waals surface area contributed by atoms with Crippen molar-refractivity contribution in [2.75, 3.05) is 25.5 Å². The summed E-state index contributed by atoms with van der Waals surface area (Å²) in [6.45, 7) is 3.92. The van der Waals surface area contributed by atoms with Gasteiger partial charge in [-0.15, -0.1) is 12.4 Å². The summed E-state index contributed by atoms with van der Waals surface area (Å²) in [6.07, 6.45) is 0.655. The van der Waals surface area contributed by atoms with Crippen molar-refractivity contribution in [3.05, 3.63) is 29.8 Å². The molecular weight excluding hydrogens is 371 g/mol. The number of nitrogens with zero attached hydrogens (tertiary/aromatic N) is 1. The number of likely N-dealkylation sites (N-methyl/N-ethyl adjacent to an activating group) is 1. The molecule has 2 amide bonds. The van der Waals surface area contributed by atoms with Gasteiger partial charge in [0.1, 0.15) is 5.67 Å². The third-order valence-corrected chi connectivity index (χ3v) is 5.50. The van der Waals surface area contributed by atoms with Crippen LogP contribution in [0.3, 0.4) is 0 Å². The van der Waals surface area contributed by atoms with Crippen LogP contribution in [0.1, 0.15) is 32.3 Å². The van der Waals surface area contributed by atoms with Crippen molar-refractivity contribution in [1.82, 2.24) is 10.2 Å². The first-order chi connectivity index (χ1) is 12.2. The minimum atomic E-state index is -1.33. The molecule has 2 aliphatic heterocycles. The number of nitrogens with one attached hydrogen (secondary N) is 2. The molecule has 1 fully saturated rings. The maximum Gasteiger partial charge on any atom is 0.236 e. The van der Waals surface area contributed by atoms with Crippen LogP contribution in [0, 0.1) is 0 Å². The van der Waals surface area contributed by atoms with Gasteiger partial charge in [-0.05, 0) is 45.4 Å². The SMILES string of the molecule is CNC(CN1C[C@]2(C[C@H]1C(N)=O)C(=O)Nc1ccccc12)CC(C)(C)F.Cl. The fourth-order valence-electron chi connectivity index (χ4n) is 4.31. The maximum absolute atomic E-state index is 14.1. The van der Waals surface area contributed by atoms with Crippen LogP contribution < -0.4 is 16.4 Å². The van der Waals surface area contributed by atoms with E-state index in [1.54, 1.807) is 7.05 Å². The Morgan fingerprint density at radius 3 is 2.74 bits per heavy atom. The molecule has 1 aromatic carbocycles. The van der Waals surface area contributed by atoms with E-state index >= 15 is 0 Å². The molecule has 150 valence electrons. The first kappa shape index (κ1) is 21.6. The molecule has 6 nitrogen and oxygen atoms in total. The lowest BCUT2D eigenvalue weighted by Gasteiger charge is -2.30. The highest BCUT2D eigenvalue weighted by molar-refractivity contribution is 6.07. The van der Waals surface area contributed by atoms with E-state index in [1.165, 1.54) is 13.8 Å². The zero-order valence-corrected chi connectivity index (χ0v) is 16.7. The van der Waals surface area contributed by atoms with Crippen LogP contribution in [-0.2, 0) is 15.0 Å². The minimum Gasteiger partial charge on any atom is -0.368 e. The van der Waals surface area contributed by atoms with Gasteiger partial charge >= 0.3 is 0 Å². The average molecular weight is 399 g/mol. The number of amides is 2. The van der Waals surface area contributed by atoms with Gasteiger partial charge in [-0.25, -0.2) is 4.39 Å². The number of hydrogen-bond donors (Lipinski definition) is 3. The van der Waals surface area contributed by atoms with E-state index in [0.717, 1.165) is 11.3 Å². The molecule has 0 aromatic heterocycles. The highest BCUT2D eigenvalue weighted by Gasteiger charge is 2.55. The van der Waals surface area contributed by atoms with Crippen molar-refractivity contribution >= 4 is 29.9 Å². The predicted octanol–water partition coefficient (Wildman–Crippen LogP) is 1.58. The van der Waals surface area contributed by atoms with Crippen molar-refractivity contribution in [3.8, 4) is 0 Å². The Kier molecular flexibility index (Phi) is 6.19. The van der Waals surface area contributed by atoms with Crippen molar-refractivity contribution in [3.63, 3.8) is 0 Å². The maximum atomic E-state index is 14.1. The minimum absolute atomic E-state index is 0. The van der Waals surface area contributed by atoms with Crippen molar-refractivity contribution < 1.29 is 14.0 Å². The Morgan fingerprint density at radius 1 is 1.48 bits per heavy atom. The van der Waals surface area contributed by atoms with Gasteiger partial charge in [-0.3, -0.25) is 14.5 Å². The van der Waals surface area contributed by atoms with Crippen LogP contribution in [0.4, 0.5) is 10.1 Å². The Hall–Kier alpha value is -1.70. The molecule has 1 unspecified atom stereocenters. The number of rotatable bonds is 6. The summed E-state index contributed by atoms with van der Waals surface area (Å²) >= 11 is 0. The van der Waals surface area contributed by atoms with Crippen molar-refractivity contribution in [1.29, 1.82) is 0 Å². The number of halogens is 2. The quantitative estimate of drug-likeness (QED) is 0.679. The molecule has 3 atom stereocenters. The van der Waals surface area contributed by atoms with Gasteiger partial charge in [0, 0.05) is 24.8 Å². The molecule has 0 radical (unpaired) electrons. The topological polar surface area (TPSA) is 87.5 Å². The molecule has 0 aliphatic carbocycles. The van der Waals surface area contributed by atoms with Gasteiger partial charge in [-0.1, -0.05) is 18.2 Å². The molecule has 2 heterocycles. The number of hydrogen-bond acceptors (Lipinski definition) is 4. The van der Waals surface area contributed by atoms with Gasteiger partial charge in [0.2, 0.25) is 11.8 Å². The zero-order valence-electron chi connectivity index (χ0n) is 15.9. The molecule has 0 saturated carbocycles. The van der Waals surface area contributed by atoms with Crippen LogP contribution in [0.25, 0.3) is 0 Å². The molecule has 27 heavy (non-hydrogen) atoms. The van der Waals surface area contributed by atoms with Crippen molar-refractivity contribution in [2.45, 2.75) is 49.9 Å². The molecule has 0 bridgehead atoms. The molecule has 1 saturated heterocycles. The number of benzene rings is 1. The van der Waals surface area contributed by atoms with E-state index in [4.69, 9.17) is 5.73 Å². The van der Waals surface area contributed by atoms with Gasteiger partial charge in [0.05, 0.1) is 11.5 Å². The van der Waals surface area contributed by atoms with E-state index in [1.807, 2.05) is 29.2 Å². The molecule has 2 aliphatic rings. The first-order valence-electron chi connectivity index (χ1n) is 8.97. The third-order valence-electron chi connectivity index (χ3n) is 5.50. The average Bonchev–Trinajstić information content (AvgIpc) is 3.06. The lowest BCUT2D eigenvalue weighted by atomic mass is 9.79. The van der Waals surface area contributed by atoms with Gasteiger partial charge < -0.3 is 16.4 Å². The second-order valence-electron chi connectivity index (χ2n) is 8.04. The number of carbonyl (C=O) groups is 2. The third kappa shape index (κ3) is 4.10. The number of anilines is 1. The number of carbonyl (C=O) groups excluding carboxylic acids is 2. The van der Waals surface area contributed by atoms with E-state index in [2.05, 4.69) is 10.6 Å². The van der Waals surface area contributed by atoms with E-state index < -0.39 is 23.0 Å². The lowest BCUT2D eigenvalue weighted by Crippen LogP contribution is -2.48. The largest absolute Gasteiger partial charge is 0.368 e. The second kappa shape index (κ2) is 7.73. The zero-order chi connectivity index (χ0) is 19.1. The summed E-state index contributed by atoms with van der Waals surface area (Å²) in [7, 11) is 1.78. The van der Waals surface area contributed by atoms with Crippen molar-refractivity contribution in [2.24, 2.45) is 5.73 Å². The number of fused-ring (bicyclic) bond motifs is 2. The Bertz CT molecular complexity index is 724. The normalized spacial score (nSPS) is 25.8. The predicted molar refractivity (Wildman–Crippen MR) is 106 cm³/mol. The highest BCUT2D eigenvalue weighted by Crippen LogP contribution is 2.46. The smallest absolute Gasteiger partial charge is 0.236 e. The summed E-state index contributed by atoms with van der Waals surface area (Å²) in [5.41, 5.74) is 5.23. The number of nitrogens with two attached hydrogens (primary N) is 1. The summed E-state index contributed by atoms with van der Waals surface area (Å²) in [4.78, 5) is 26.8. The van der Waals surface area contributed by atoms with E-state index in [-0.39, 0.29) is 24.4 Å². The van der Waals surface area contributed by atoms with Gasteiger partial charge in [0.25, 0.3) is 0 Å². The number of alkyl halides is 1. The summed E-state index contributed by atoms with van der Waals surface area (Å²) in [6, 6.07) is 6.86. The number of primary amides is 1. The molecule has 8 heteroatoms. The number of likely N-dealkylation sites (tertiary alicyclic amines) is 1. The second-order valence-corrected chi connectivity index (χ2v) is 8.04. The summed E-state index contributed by atoms with van der Waals surface area (Å²) in [5.74, 6) is -0.548. The van der Waals surface area contributed by atoms with Crippen LogP contribution in [0.15, 0.2) is 24.3 Å². The Morgan fingerprint density at radius 2 is 2.15 bits per heavy atom. The molecule has 3 rings (SSSR count).